The van der Waals surface area contributed by atoms with Gasteiger partial charge in [0.25, 0.3) is 5.56 Å². The number of hydrogen-bond donors (Lipinski definition) is 1. The number of hydrogen-bond acceptors (Lipinski definition) is 5. The van der Waals surface area contributed by atoms with Crippen LogP contribution in [0.2, 0.25) is 0 Å². The molecule has 3 aliphatic rings. The van der Waals surface area contributed by atoms with Crippen LogP contribution in [-0.2, 0) is 11.3 Å². The van der Waals surface area contributed by atoms with Gasteiger partial charge in [-0.1, -0.05) is 12.1 Å². The van der Waals surface area contributed by atoms with Gasteiger partial charge in [0.05, 0.1) is 10.4 Å². The summed E-state index contributed by atoms with van der Waals surface area (Å²) >= 11 is 0. The average Bonchev–Trinajstić information content (AvgIpc) is 2.66. The molecule has 0 amide bonds. The molecule has 5 rings (SSSR count). The number of carbonyl (C=O) groups excluding carboxylic acids is 1. The van der Waals surface area contributed by atoms with Crippen LogP contribution in [0.3, 0.4) is 0 Å². The molecule has 1 N–H and O–H groups in total. The molecule has 1 fully saturated rings. The van der Waals surface area contributed by atoms with E-state index >= 15 is 0 Å². The summed E-state index contributed by atoms with van der Waals surface area (Å²) < 4.78 is 6.10. The van der Waals surface area contributed by atoms with Gasteiger partial charge < -0.3 is 4.74 Å². The Kier molecular flexibility index (Phi) is 3.53. The second-order valence-corrected chi connectivity index (χ2v) is 7.10. The van der Waals surface area contributed by atoms with Crippen molar-refractivity contribution in [3.63, 3.8) is 0 Å². The number of nitrogens with one attached hydrogen (secondary N) is 1. The molecule has 1 saturated heterocycles. The summed E-state index contributed by atoms with van der Waals surface area (Å²) in [6.45, 7) is 2.42. The van der Waals surface area contributed by atoms with Gasteiger partial charge in [0.15, 0.2) is 0 Å². The summed E-state index contributed by atoms with van der Waals surface area (Å²) in [5.74, 6) is 1.98. The predicted molar refractivity (Wildman–Crippen MR) is 96.8 cm³/mol. The minimum Gasteiger partial charge on any atom is -0.460 e. The number of aromatic nitrogens is 2. The van der Waals surface area contributed by atoms with Crippen LogP contribution in [0.1, 0.15) is 31.2 Å². The van der Waals surface area contributed by atoms with Crippen molar-refractivity contribution < 1.29 is 9.53 Å². The van der Waals surface area contributed by atoms with E-state index in [-0.39, 0.29) is 5.56 Å². The van der Waals surface area contributed by atoms with Gasteiger partial charge in [-0.05, 0) is 24.1 Å². The number of Topliss-reactive ketones (excluding diaryl/α,β-unsaturated/α-hetero) is 1. The molecule has 6 nitrogen and oxygen atoms in total. The normalized spacial score (nSPS) is 18.6. The highest BCUT2D eigenvalue weighted by atomic mass is 16.5. The third-order valence-electron chi connectivity index (χ3n) is 5.37. The number of nitrogens with zero attached hydrogens (tertiary/aromatic N) is 2. The molecule has 1 aliphatic carbocycles. The Labute approximate surface area is 149 Å². The van der Waals surface area contributed by atoms with Crippen LogP contribution in [-0.4, -0.2) is 34.0 Å². The Morgan fingerprint density at radius 2 is 2.00 bits per heavy atom. The van der Waals surface area contributed by atoms with Crippen LogP contribution >= 0.6 is 0 Å². The van der Waals surface area contributed by atoms with Crippen molar-refractivity contribution in [1.29, 1.82) is 0 Å². The van der Waals surface area contributed by atoms with E-state index in [0.717, 1.165) is 66.0 Å². The number of carbonyl (C=O) groups is 1. The van der Waals surface area contributed by atoms with Gasteiger partial charge >= 0.3 is 0 Å². The fourth-order valence-electron chi connectivity index (χ4n) is 4.01. The van der Waals surface area contributed by atoms with Crippen LogP contribution in [0.4, 0.5) is 0 Å². The quantitative estimate of drug-likeness (QED) is 0.863. The Morgan fingerprint density at radius 3 is 2.85 bits per heavy atom. The van der Waals surface area contributed by atoms with Crippen LogP contribution in [0.5, 0.6) is 5.75 Å². The number of ketones is 1. The largest absolute Gasteiger partial charge is 0.460 e. The maximum Gasteiger partial charge on any atom is 0.271 e. The van der Waals surface area contributed by atoms with E-state index in [9.17, 15) is 9.59 Å². The van der Waals surface area contributed by atoms with Gasteiger partial charge in [-0.15, -0.1) is 0 Å². The number of ether oxygens (including phenoxy) is 1. The summed E-state index contributed by atoms with van der Waals surface area (Å²) in [4.78, 5) is 25.8. The first-order chi connectivity index (χ1) is 12.7. The van der Waals surface area contributed by atoms with Crippen LogP contribution in [0.15, 0.2) is 23.0 Å². The monoisotopic (exact) mass is 349 g/mol. The highest BCUT2D eigenvalue weighted by Crippen LogP contribution is 2.34. The number of fused-ring (bicyclic) bond motifs is 2. The van der Waals surface area contributed by atoms with Crippen molar-refractivity contribution in [3.8, 4) is 17.0 Å². The Bertz CT molecular complexity index is 1090. The fourth-order valence-corrected chi connectivity index (χ4v) is 4.01. The maximum atomic E-state index is 12.1. The summed E-state index contributed by atoms with van der Waals surface area (Å²) in [7, 11) is 0. The van der Waals surface area contributed by atoms with Crippen molar-refractivity contribution in [3.05, 3.63) is 44.6 Å². The molecule has 2 aromatic rings. The third-order valence-corrected chi connectivity index (χ3v) is 5.37. The highest BCUT2D eigenvalue weighted by Gasteiger charge is 2.24. The van der Waals surface area contributed by atoms with E-state index in [0.29, 0.717) is 23.8 Å². The minimum absolute atomic E-state index is 0.165. The summed E-state index contributed by atoms with van der Waals surface area (Å²) in [6, 6.07) is 6.15. The molecular weight excluding hydrogens is 330 g/mol. The molecule has 0 bridgehead atoms. The van der Waals surface area contributed by atoms with Crippen molar-refractivity contribution in [1.82, 2.24) is 15.1 Å². The molecule has 0 atom stereocenters. The molecule has 0 radical (unpaired) electrons. The Hall–Kier alpha value is -2.73. The van der Waals surface area contributed by atoms with E-state index < -0.39 is 0 Å². The molecule has 1 aromatic carbocycles. The predicted octanol–water partition coefficient (Wildman–Crippen LogP) is 0.677. The lowest BCUT2D eigenvalue weighted by atomic mass is 9.97. The number of rotatable bonds is 2. The number of aromatic amines is 1. The topological polar surface area (TPSA) is 75.3 Å². The zero-order chi connectivity index (χ0) is 17.7. The van der Waals surface area contributed by atoms with Crippen LogP contribution in [0.25, 0.3) is 23.1 Å². The summed E-state index contributed by atoms with van der Waals surface area (Å²) in [6.07, 6.45) is 4.82. The average molecular weight is 349 g/mol. The first-order valence-corrected chi connectivity index (χ1v) is 9.06. The van der Waals surface area contributed by atoms with Crippen molar-refractivity contribution >= 4 is 17.6 Å². The first-order valence-electron chi connectivity index (χ1n) is 9.06. The second kappa shape index (κ2) is 5.92. The fraction of sp³-hybridized carbons (Fsp3) is 0.350. The molecule has 0 saturated carbocycles. The van der Waals surface area contributed by atoms with E-state index in [2.05, 4.69) is 27.2 Å². The summed E-state index contributed by atoms with van der Waals surface area (Å²) in [5, 5.41) is 8.47. The summed E-state index contributed by atoms with van der Waals surface area (Å²) in [5.41, 5.74) is 2.71. The van der Waals surface area contributed by atoms with Gasteiger partial charge in [-0.2, -0.15) is 5.10 Å². The lowest BCUT2D eigenvalue weighted by molar-refractivity contribution is -0.121. The molecule has 26 heavy (non-hydrogen) atoms. The van der Waals surface area contributed by atoms with Gasteiger partial charge in [-0.3, -0.25) is 14.5 Å². The first kappa shape index (κ1) is 15.5. The number of benzene rings is 1. The number of likely N-dealkylation sites (tertiary alicyclic amines) is 1. The Morgan fingerprint density at radius 1 is 1.15 bits per heavy atom. The van der Waals surface area contributed by atoms with E-state index in [1.54, 1.807) is 0 Å². The van der Waals surface area contributed by atoms with E-state index in [1.807, 2.05) is 12.1 Å². The highest BCUT2D eigenvalue weighted by molar-refractivity contribution is 5.79. The SMILES string of the molecule is O=C1CCN(Cc2ccc3c(c2)-c2n[nH]c(=O)c4c2=C(CCC=4)O3)CC1. The minimum atomic E-state index is -0.165. The Balaban J connectivity index is 1.57. The molecule has 0 spiro atoms. The molecular formula is C20H19N3O3. The lowest BCUT2D eigenvalue weighted by Gasteiger charge is -2.27. The zero-order valence-electron chi connectivity index (χ0n) is 14.4. The van der Waals surface area contributed by atoms with Crippen molar-refractivity contribution in [2.75, 3.05) is 13.1 Å². The number of piperidine rings is 1. The second-order valence-electron chi connectivity index (χ2n) is 7.10. The molecule has 6 heteroatoms. The maximum absolute atomic E-state index is 12.1. The molecule has 132 valence electrons. The van der Waals surface area contributed by atoms with Crippen molar-refractivity contribution in [2.45, 2.75) is 32.2 Å². The van der Waals surface area contributed by atoms with Gasteiger partial charge in [-0.25, -0.2) is 5.10 Å². The number of H-pyrrole nitrogens is 1. The van der Waals surface area contributed by atoms with Crippen LogP contribution in [0, 0.1) is 0 Å². The van der Waals surface area contributed by atoms with Gasteiger partial charge in [0, 0.05) is 44.5 Å². The van der Waals surface area contributed by atoms with Crippen molar-refractivity contribution in [2.24, 2.45) is 0 Å². The standard InChI is InChI=1S/C20H19N3O3/c24-13-6-8-23(9-7-13)11-12-4-5-16-15(10-12)19-18-14(20(25)22-21-19)2-1-3-17(18)26-16/h2,4-5,10H,1,3,6-9,11H2,(H,22,25). The van der Waals surface area contributed by atoms with E-state index in [1.165, 1.54) is 0 Å². The van der Waals surface area contributed by atoms with Gasteiger partial charge in [0.2, 0.25) is 0 Å². The van der Waals surface area contributed by atoms with E-state index in [4.69, 9.17) is 4.74 Å². The molecule has 2 aliphatic heterocycles. The van der Waals surface area contributed by atoms with Crippen LogP contribution < -0.4 is 20.7 Å². The molecule has 1 aromatic heterocycles. The molecule has 0 unspecified atom stereocenters. The molecule has 3 heterocycles. The zero-order valence-corrected chi connectivity index (χ0v) is 14.4. The van der Waals surface area contributed by atoms with Gasteiger partial charge in [0.1, 0.15) is 23.0 Å². The third kappa shape index (κ3) is 2.49. The smallest absolute Gasteiger partial charge is 0.271 e. The lowest BCUT2D eigenvalue weighted by Crippen LogP contribution is -2.47.